The zero-order chi connectivity index (χ0) is 21.8. The normalized spacial score (nSPS) is 17.7. The van der Waals surface area contributed by atoms with Crippen LogP contribution in [0, 0.1) is 0 Å². The lowest BCUT2D eigenvalue weighted by atomic mass is 9.94. The summed E-state index contributed by atoms with van der Waals surface area (Å²) in [7, 11) is 0. The third-order valence-corrected chi connectivity index (χ3v) is 6.90. The van der Waals surface area contributed by atoms with Crippen molar-refractivity contribution in [2.75, 3.05) is 0 Å². The smallest absolute Gasteiger partial charge is 0.268 e. The minimum atomic E-state index is -0.148. The predicted molar refractivity (Wildman–Crippen MR) is 126 cm³/mol. The molecule has 0 N–H and O–H groups in total. The van der Waals surface area contributed by atoms with E-state index in [2.05, 4.69) is 0 Å². The van der Waals surface area contributed by atoms with Crippen molar-refractivity contribution in [1.82, 2.24) is 4.90 Å². The molecule has 0 aromatic heterocycles. The molecule has 4 nitrogen and oxygen atoms in total. The topological polar surface area (TPSA) is 46.6 Å². The molecule has 0 bridgehead atoms. The summed E-state index contributed by atoms with van der Waals surface area (Å²) in [5, 5.41) is 0. The molecule has 1 aliphatic heterocycles. The molecule has 1 saturated carbocycles. The summed E-state index contributed by atoms with van der Waals surface area (Å²) in [4.78, 5) is 29.0. The summed E-state index contributed by atoms with van der Waals surface area (Å²) in [6.07, 6.45) is 5.22. The molecular formula is C26H29NO3S. The first-order chi connectivity index (χ1) is 15.0. The lowest BCUT2D eigenvalue weighted by molar-refractivity contribution is -0.139. The van der Waals surface area contributed by atoms with Crippen LogP contribution in [-0.2, 0) is 15.3 Å². The van der Waals surface area contributed by atoms with Crippen LogP contribution in [-0.4, -0.2) is 28.9 Å². The maximum Gasteiger partial charge on any atom is 0.268 e. The van der Waals surface area contributed by atoms with Gasteiger partial charge in [-0.3, -0.25) is 14.5 Å². The zero-order valence-corrected chi connectivity index (χ0v) is 19.0. The highest BCUT2D eigenvalue weighted by Gasteiger charge is 2.42. The molecule has 0 spiro atoms. The highest BCUT2D eigenvalue weighted by Crippen LogP contribution is 2.40. The average Bonchev–Trinajstić information content (AvgIpc) is 3.03. The zero-order valence-electron chi connectivity index (χ0n) is 18.2. The first-order valence-electron chi connectivity index (χ1n) is 11.1. The molecule has 1 fully saturated rings. The van der Waals surface area contributed by atoms with Gasteiger partial charge in [-0.05, 0) is 49.9 Å². The monoisotopic (exact) mass is 435 g/mol. The first kappa shape index (κ1) is 21.7. The predicted octanol–water partition coefficient (Wildman–Crippen LogP) is 5.82. The standard InChI is InChI=1S/C26H29NO3S/c1-18(2)30-22-15-13-20(14-16-22)23-24(31-17-19-9-5-3-6-10-19)26(29)27(25(23)28)21-11-7-4-8-12-21/h3,5-6,9-10,13-16,18,21H,4,7-8,11-12,17H2,1-2H3. The van der Waals surface area contributed by atoms with Crippen molar-refractivity contribution in [3.05, 3.63) is 70.6 Å². The molecule has 0 saturated heterocycles. The van der Waals surface area contributed by atoms with E-state index in [9.17, 15) is 9.59 Å². The number of benzene rings is 2. The number of thioether (sulfide) groups is 1. The summed E-state index contributed by atoms with van der Waals surface area (Å²) in [5.41, 5.74) is 2.45. The Hall–Kier alpha value is -2.53. The lowest BCUT2D eigenvalue weighted by Gasteiger charge is -2.29. The molecule has 5 heteroatoms. The van der Waals surface area contributed by atoms with Gasteiger partial charge < -0.3 is 4.74 Å². The Morgan fingerprint density at radius 1 is 0.935 bits per heavy atom. The minimum Gasteiger partial charge on any atom is -0.491 e. The molecule has 0 atom stereocenters. The van der Waals surface area contributed by atoms with Gasteiger partial charge >= 0.3 is 0 Å². The second-order valence-corrected chi connectivity index (χ2v) is 9.43. The van der Waals surface area contributed by atoms with Gasteiger partial charge in [-0.2, -0.15) is 0 Å². The SMILES string of the molecule is CC(C)Oc1ccc(C2=C(SCc3ccccc3)C(=O)N(C3CCCCC3)C2=O)cc1. The fourth-order valence-electron chi connectivity index (χ4n) is 4.29. The van der Waals surface area contributed by atoms with Crippen molar-refractivity contribution in [1.29, 1.82) is 0 Å². The molecule has 2 aliphatic rings. The molecule has 1 aliphatic carbocycles. The summed E-state index contributed by atoms with van der Waals surface area (Å²) < 4.78 is 5.74. The number of hydrogen-bond donors (Lipinski definition) is 0. The van der Waals surface area contributed by atoms with Crippen LogP contribution in [0.25, 0.3) is 5.57 Å². The van der Waals surface area contributed by atoms with Crippen LogP contribution in [0.15, 0.2) is 59.5 Å². The van der Waals surface area contributed by atoms with Gasteiger partial charge in [0.25, 0.3) is 11.8 Å². The van der Waals surface area contributed by atoms with Gasteiger partial charge in [0.05, 0.1) is 16.6 Å². The fraction of sp³-hybridized carbons (Fsp3) is 0.385. The van der Waals surface area contributed by atoms with E-state index < -0.39 is 0 Å². The van der Waals surface area contributed by atoms with Crippen LogP contribution in [0.5, 0.6) is 5.75 Å². The van der Waals surface area contributed by atoms with Crippen molar-refractivity contribution in [3.63, 3.8) is 0 Å². The second kappa shape index (κ2) is 9.73. The summed E-state index contributed by atoms with van der Waals surface area (Å²) in [6, 6.07) is 17.6. The Labute approximate surface area is 188 Å². The van der Waals surface area contributed by atoms with E-state index in [4.69, 9.17) is 4.74 Å². The average molecular weight is 436 g/mol. The number of carbonyl (C=O) groups excluding carboxylic acids is 2. The van der Waals surface area contributed by atoms with Gasteiger partial charge in [0.2, 0.25) is 0 Å². The number of hydrogen-bond acceptors (Lipinski definition) is 4. The van der Waals surface area contributed by atoms with Crippen LogP contribution < -0.4 is 4.74 Å². The van der Waals surface area contributed by atoms with Crippen LogP contribution in [0.3, 0.4) is 0 Å². The van der Waals surface area contributed by atoms with Crippen LogP contribution in [0.2, 0.25) is 0 Å². The molecule has 0 unspecified atom stereocenters. The van der Waals surface area contributed by atoms with E-state index in [1.807, 2.05) is 68.4 Å². The summed E-state index contributed by atoms with van der Waals surface area (Å²) >= 11 is 1.47. The molecule has 1 heterocycles. The Bertz CT molecular complexity index is 960. The Balaban J connectivity index is 1.65. The van der Waals surface area contributed by atoms with Gasteiger partial charge in [0.15, 0.2) is 0 Å². The van der Waals surface area contributed by atoms with Gasteiger partial charge in [-0.25, -0.2) is 0 Å². The number of imide groups is 1. The largest absolute Gasteiger partial charge is 0.491 e. The number of ether oxygens (including phenoxy) is 1. The number of rotatable bonds is 7. The molecule has 0 radical (unpaired) electrons. The van der Waals surface area contributed by atoms with E-state index in [-0.39, 0.29) is 24.0 Å². The number of amides is 2. The fourth-order valence-corrected chi connectivity index (χ4v) is 5.36. The summed E-state index contributed by atoms with van der Waals surface area (Å²) in [6.45, 7) is 3.96. The van der Waals surface area contributed by atoms with E-state index in [1.165, 1.54) is 18.2 Å². The van der Waals surface area contributed by atoms with Crippen molar-refractivity contribution in [3.8, 4) is 5.75 Å². The maximum absolute atomic E-state index is 13.5. The Morgan fingerprint density at radius 2 is 1.61 bits per heavy atom. The molecular weight excluding hydrogens is 406 g/mol. The highest BCUT2D eigenvalue weighted by atomic mass is 32.2. The maximum atomic E-state index is 13.5. The van der Waals surface area contributed by atoms with E-state index in [0.717, 1.165) is 42.6 Å². The van der Waals surface area contributed by atoms with E-state index in [0.29, 0.717) is 16.2 Å². The number of nitrogens with zero attached hydrogens (tertiary/aromatic N) is 1. The third-order valence-electron chi connectivity index (χ3n) is 5.75. The van der Waals surface area contributed by atoms with Gasteiger partial charge in [-0.15, -0.1) is 11.8 Å². The molecule has 162 valence electrons. The second-order valence-electron chi connectivity index (χ2n) is 8.44. The quantitative estimate of drug-likeness (QED) is 0.514. The van der Waals surface area contributed by atoms with Crippen LogP contribution in [0.4, 0.5) is 0 Å². The molecule has 2 aromatic rings. The molecule has 4 rings (SSSR count). The third kappa shape index (κ3) is 4.87. The Morgan fingerprint density at radius 3 is 2.26 bits per heavy atom. The van der Waals surface area contributed by atoms with Crippen molar-refractivity contribution in [2.24, 2.45) is 0 Å². The van der Waals surface area contributed by atoms with Crippen molar-refractivity contribution in [2.45, 2.75) is 63.9 Å². The molecule has 2 amide bonds. The molecule has 2 aromatic carbocycles. The van der Waals surface area contributed by atoms with Crippen LogP contribution in [0.1, 0.15) is 57.1 Å². The first-order valence-corrected chi connectivity index (χ1v) is 12.1. The lowest BCUT2D eigenvalue weighted by Crippen LogP contribution is -2.42. The molecule has 31 heavy (non-hydrogen) atoms. The van der Waals surface area contributed by atoms with E-state index >= 15 is 0 Å². The summed E-state index contributed by atoms with van der Waals surface area (Å²) in [5.74, 6) is 1.14. The van der Waals surface area contributed by atoms with E-state index in [1.54, 1.807) is 4.90 Å². The number of carbonyl (C=O) groups is 2. The van der Waals surface area contributed by atoms with Crippen molar-refractivity contribution < 1.29 is 14.3 Å². The van der Waals surface area contributed by atoms with Gasteiger partial charge in [0, 0.05) is 11.8 Å². The Kier molecular flexibility index (Phi) is 6.81. The van der Waals surface area contributed by atoms with Gasteiger partial charge in [0.1, 0.15) is 5.75 Å². The van der Waals surface area contributed by atoms with Gasteiger partial charge in [-0.1, -0.05) is 61.7 Å². The minimum absolute atomic E-state index is 0.0159. The highest BCUT2D eigenvalue weighted by molar-refractivity contribution is 8.03. The van der Waals surface area contributed by atoms with Crippen molar-refractivity contribution >= 4 is 29.1 Å². The van der Waals surface area contributed by atoms with Crippen LogP contribution >= 0.6 is 11.8 Å².